The number of aromatic nitrogens is 4. The van der Waals surface area contributed by atoms with Gasteiger partial charge in [-0.2, -0.15) is 9.10 Å². The van der Waals surface area contributed by atoms with Crippen molar-refractivity contribution in [1.82, 2.24) is 29.8 Å². The van der Waals surface area contributed by atoms with Gasteiger partial charge >= 0.3 is 6.09 Å². The van der Waals surface area contributed by atoms with Crippen molar-refractivity contribution in [2.45, 2.75) is 55.7 Å². The highest BCUT2D eigenvalue weighted by molar-refractivity contribution is 7.93. The molecule has 332 valence electrons. The van der Waals surface area contributed by atoms with E-state index < -0.39 is 53.6 Å². The van der Waals surface area contributed by atoms with Crippen LogP contribution in [0.15, 0.2) is 113 Å². The van der Waals surface area contributed by atoms with E-state index in [1.54, 1.807) is 107 Å². The Bertz CT molecular complexity index is 2730. The first-order chi connectivity index (χ1) is 29.9. The van der Waals surface area contributed by atoms with Crippen molar-refractivity contribution in [3.63, 3.8) is 0 Å². The number of nitrogens with two attached hydrogens (primary N) is 2. The molecule has 63 heavy (non-hydrogen) atoms. The van der Waals surface area contributed by atoms with E-state index in [2.05, 4.69) is 20.7 Å². The number of methoxy groups -OCH3 is 3. The van der Waals surface area contributed by atoms with Crippen molar-refractivity contribution in [3.8, 4) is 39.8 Å². The van der Waals surface area contributed by atoms with Crippen molar-refractivity contribution >= 4 is 37.3 Å². The van der Waals surface area contributed by atoms with Gasteiger partial charge in [0.1, 0.15) is 28.8 Å². The molecule has 19 heteroatoms. The minimum absolute atomic E-state index is 0.106. The number of anilines is 2. The van der Waals surface area contributed by atoms with Crippen molar-refractivity contribution < 1.29 is 40.6 Å². The second-order valence-corrected chi connectivity index (χ2v) is 19.4. The zero-order chi connectivity index (χ0) is 45.5. The number of sulfonamides is 1. The van der Waals surface area contributed by atoms with Gasteiger partial charge in [-0.1, -0.05) is 54.6 Å². The Hall–Kier alpha value is -6.70. The number of ether oxygens (including phenoxy) is 4. The van der Waals surface area contributed by atoms with Crippen molar-refractivity contribution in [3.05, 3.63) is 120 Å². The molecule has 5 aromatic carbocycles. The molecule has 0 fully saturated rings. The van der Waals surface area contributed by atoms with Crippen molar-refractivity contribution in [2.75, 3.05) is 45.2 Å². The number of alkyl carbamates (subject to hydrolysis) is 1. The van der Waals surface area contributed by atoms with E-state index in [0.29, 0.717) is 28.4 Å². The summed E-state index contributed by atoms with van der Waals surface area (Å²) in [7, 11) is -4.95. The van der Waals surface area contributed by atoms with Crippen LogP contribution in [0, 0.1) is 0 Å². The van der Waals surface area contributed by atoms with Gasteiger partial charge in [0.15, 0.2) is 9.84 Å². The summed E-state index contributed by atoms with van der Waals surface area (Å²) in [6.07, 6.45) is -0.846. The van der Waals surface area contributed by atoms with Gasteiger partial charge in [-0.15, -0.1) is 10.2 Å². The van der Waals surface area contributed by atoms with Crippen LogP contribution >= 0.6 is 0 Å². The molecule has 1 amide bonds. The van der Waals surface area contributed by atoms with Gasteiger partial charge in [-0.05, 0) is 96.8 Å². The van der Waals surface area contributed by atoms with Crippen LogP contribution in [-0.4, -0.2) is 86.7 Å². The summed E-state index contributed by atoms with van der Waals surface area (Å²) in [5.74, 6) is 0.742. The van der Waals surface area contributed by atoms with Crippen LogP contribution in [0.4, 0.5) is 16.2 Å². The summed E-state index contributed by atoms with van der Waals surface area (Å²) < 4.78 is 83.4. The molecule has 6 rings (SSSR count). The predicted molar refractivity (Wildman–Crippen MR) is 238 cm³/mol. The molecular weight excluding hydrogens is 849 g/mol. The van der Waals surface area contributed by atoms with Crippen LogP contribution in [0.1, 0.15) is 37.5 Å². The molecule has 0 aliphatic carbocycles. The summed E-state index contributed by atoms with van der Waals surface area (Å²) in [5, 5.41) is 15.9. The first-order valence-corrected chi connectivity index (χ1v) is 22.7. The lowest BCUT2D eigenvalue weighted by atomic mass is 9.97. The molecule has 1 aromatic heterocycles. The lowest BCUT2D eigenvalue weighted by molar-refractivity contribution is 0.144. The summed E-state index contributed by atoms with van der Waals surface area (Å²) in [6.45, 7) is 4.31. The molecule has 0 aliphatic rings. The summed E-state index contributed by atoms with van der Waals surface area (Å²) in [4.78, 5) is 12.6. The Kier molecular flexibility index (Phi) is 13.9. The third-order valence-electron chi connectivity index (χ3n) is 9.74. The molecule has 0 spiro atoms. The molecule has 0 aliphatic heterocycles. The Morgan fingerprint density at radius 2 is 1.27 bits per heavy atom. The van der Waals surface area contributed by atoms with Gasteiger partial charge in [0.25, 0.3) is 0 Å². The number of rotatable bonds is 17. The normalized spacial score (nSPS) is 11.9. The smallest absolute Gasteiger partial charge is 0.407 e. The molecular formula is C44H50N8O9S2. The van der Waals surface area contributed by atoms with Crippen LogP contribution in [0.5, 0.6) is 17.2 Å². The fourth-order valence-corrected chi connectivity index (χ4v) is 10.1. The number of para-hydroxylation sites is 1. The van der Waals surface area contributed by atoms with Gasteiger partial charge in [0, 0.05) is 24.2 Å². The second-order valence-electron chi connectivity index (χ2n) is 15.4. The van der Waals surface area contributed by atoms with Crippen molar-refractivity contribution in [1.29, 1.82) is 0 Å². The molecule has 0 radical (unpaired) electrons. The minimum atomic E-state index is -4.93. The van der Waals surface area contributed by atoms with E-state index in [0.717, 1.165) is 9.87 Å². The first-order valence-electron chi connectivity index (χ1n) is 19.6. The Morgan fingerprint density at radius 3 is 1.79 bits per heavy atom. The van der Waals surface area contributed by atoms with E-state index in [9.17, 15) is 13.2 Å². The number of hydrogen-bond acceptors (Lipinski definition) is 14. The monoisotopic (exact) mass is 898 g/mol. The second kappa shape index (κ2) is 19.1. The number of nitrogen functional groups attached to an aromatic ring is 2. The average Bonchev–Trinajstić information content (AvgIpc) is 3.72. The van der Waals surface area contributed by atoms with Crippen LogP contribution < -0.4 is 31.0 Å². The molecule has 5 N–H and O–H groups in total. The fraction of sp³-hybridized carbons (Fsp3) is 0.273. The maximum Gasteiger partial charge on any atom is 0.407 e. The standard InChI is InChI=1S/C44H50N8O9S2/c1-44(2,3)47-43(53)61-24-25-62(54,55)38-23-22-35(36-8-7-9-37(45)40(36)46)39(42-48-50-52(49-42)28-31-14-20-34(60-6)21-15-31)41(38)63(56,57)51(26-29-10-16-32(58-4)17-11-29)27-30-12-18-33(59-5)19-13-30/h7-23H,24-28,45-46H2,1-6H3,(H,47,53). The third-order valence-corrected chi connectivity index (χ3v) is 13.5. The average molecular weight is 899 g/mol. The zero-order valence-corrected chi connectivity index (χ0v) is 37.4. The number of nitrogens with zero attached hydrogens (tertiary/aromatic N) is 5. The first kappa shape index (κ1) is 45.8. The number of sulfone groups is 1. The SMILES string of the molecule is COc1ccc(CN(Cc2ccc(OC)cc2)S(=O)(=O)c2c(S(=O)(=O)CCOC(=O)NC(C)(C)C)ccc(-c3cccc(N)c3N)c2-c2nnn(Cc3ccc(OC)cc3)n2)cc1. The molecule has 0 saturated carbocycles. The van der Waals surface area contributed by atoms with E-state index >= 15 is 8.42 Å². The molecule has 1 heterocycles. The van der Waals surface area contributed by atoms with E-state index in [1.165, 1.54) is 31.1 Å². The van der Waals surface area contributed by atoms with Gasteiger partial charge in [-0.25, -0.2) is 21.6 Å². The number of benzene rings is 5. The van der Waals surface area contributed by atoms with Crippen LogP contribution in [0.3, 0.4) is 0 Å². The summed E-state index contributed by atoms with van der Waals surface area (Å²) in [6, 6.07) is 28.3. The zero-order valence-electron chi connectivity index (χ0n) is 35.7. The highest BCUT2D eigenvalue weighted by Crippen LogP contribution is 2.44. The number of tetrazole rings is 1. The Balaban J connectivity index is 1.60. The number of amides is 1. The molecule has 17 nitrogen and oxygen atoms in total. The quantitative estimate of drug-likeness (QED) is 0.0901. The molecule has 0 unspecified atom stereocenters. The lowest BCUT2D eigenvalue weighted by Crippen LogP contribution is -2.41. The molecule has 0 bridgehead atoms. The van der Waals surface area contributed by atoms with Crippen LogP contribution in [-0.2, 0) is 44.2 Å². The highest BCUT2D eigenvalue weighted by Gasteiger charge is 2.38. The summed E-state index contributed by atoms with van der Waals surface area (Å²) >= 11 is 0. The molecule has 0 saturated heterocycles. The Morgan fingerprint density at radius 1 is 0.730 bits per heavy atom. The topological polar surface area (TPSA) is 233 Å². The molecule has 0 atom stereocenters. The molecule has 6 aromatic rings. The number of nitrogens with one attached hydrogen (secondary N) is 1. The maximum absolute atomic E-state index is 15.8. The Labute approximate surface area is 366 Å². The van der Waals surface area contributed by atoms with E-state index in [4.69, 9.17) is 30.4 Å². The van der Waals surface area contributed by atoms with Gasteiger partial charge in [-0.3, -0.25) is 0 Å². The van der Waals surface area contributed by atoms with E-state index in [1.807, 2.05) is 12.1 Å². The predicted octanol–water partition coefficient (Wildman–Crippen LogP) is 5.94. The van der Waals surface area contributed by atoms with Crippen LogP contribution in [0.2, 0.25) is 0 Å². The number of carbonyl (C=O) groups excluding carboxylic acids is 1. The third kappa shape index (κ3) is 11.0. The number of carbonyl (C=O) groups is 1. The van der Waals surface area contributed by atoms with Gasteiger partial charge in [0.05, 0.1) is 55.5 Å². The largest absolute Gasteiger partial charge is 0.497 e. The van der Waals surface area contributed by atoms with Gasteiger partial charge in [0.2, 0.25) is 15.8 Å². The number of hydrogen-bond donors (Lipinski definition) is 3. The minimum Gasteiger partial charge on any atom is -0.497 e. The maximum atomic E-state index is 15.8. The lowest BCUT2D eigenvalue weighted by Gasteiger charge is -2.26. The van der Waals surface area contributed by atoms with E-state index in [-0.39, 0.29) is 53.5 Å². The fourth-order valence-electron chi connectivity index (χ4n) is 6.55. The highest BCUT2D eigenvalue weighted by atomic mass is 32.2. The van der Waals surface area contributed by atoms with Gasteiger partial charge < -0.3 is 35.7 Å². The summed E-state index contributed by atoms with van der Waals surface area (Å²) in [5.41, 5.74) is 14.7. The van der Waals surface area contributed by atoms with Crippen molar-refractivity contribution in [2.24, 2.45) is 0 Å². The van der Waals surface area contributed by atoms with Crippen LogP contribution in [0.25, 0.3) is 22.5 Å².